The number of Topliss-reactive ketones (excluding diaryl/α,β-unsaturated/α-hetero) is 2. The number of aromatic hydroxyl groups is 1. The minimum absolute atomic E-state index is 0.127. The van der Waals surface area contributed by atoms with Crippen LogP contribution in [0, 0.1) is 0 Å². The van der Waals surface area contributed by atoms with Crippen LogP contribution >= 0.6 is 0 Å². The highest BCUT2D eigenvalue weighted by Gasteiger charge is 2.78. The molecule has 8 N–H and O–H groups in total. The molecule has 41 heavy (non-hydrogen) atoms. The van der Waals surface area contributed by atoms with Crippen LogP contribution in [0.5, 0.6) is 5.75 Å². The molecule has 212 valence electrons. The number of carboxylic acid groups (broad SMARTS) is 1. The molecular formula is C28H22O13. The van der Waals surface area contributed by atoms with Gasteiger partial charge in [0.05, 0.1) is 11.1 Å². The van der Waals surface area contributed by atoms with Gasteiger partial charge in [0.1, 0.15) is 23.7 Å². The van der Waals surface area contributed by atoms with Crippen molar-refractivity contribution in [1.82, 2.24) is 0 Å². The van der Waals surface area contributed by atoms with Crippen LogP contribution in [0.15, 0.2) is 65.4 Å². The summed E-state index contributed by atoms with van der Waals surface area (Å²) >= 11 is 0. The lowest BCUT2D eigenvalue weighted by atomic mass is 9.52. The van der Waals surface area contributed by atoms with Crippen LogP contribution < -0.4 is 0 Å². The Bertz CT molecular complexity index is 1640. The number of aliphatic carboxylic acids is 1. The van der Waals surface area contributed by atoms with E-state index in [0.717, 1.165) is 6.07 Å². The summed E-state index contributed by atoms with van der Waals surface area (Å²) in [5, 5.41) is 87.6. The minimum Gasteiger partial charge on any atom is -0.508 e. The number of hydrogen-bond donors (Lipinski definition) is 8. The van der Waals surface area contributed by atoms with Crippen LogP contribution in [0.25, 0.3) is 17.4 Å². The van der Waals surface area contributed by atoms with Crippen LogP contribution in [0.4, 0.5) is 0 Å². The van der Waals surface area contributed by atoms with Crippen molar-refractivity contribution in [3.8, 4) is 5.75 Å². The molecule has 0 heterocycles. The zero-order valence-electron chi connectivity index (χ0n) is 20.8. The van der Waals surface area contributed by atoms with Crippen molar-refractivity contribution in [3.05, 3.63) is 82.1 Å². The van der Waals surface area contributed by atoms with Crippen molar-refractivity contribution in [2.75, 3.05) is 6.61 Å². The van der Waals surface area contributed by atoms with Crippen molar-refractivity contribution < 1.29 is 64.8 Å². The maximum atomic E-state index is 14.1. The summed E-state index contributed by atoms with van der Waals surface area (Å²) < 4.78 is 5.17. The van der Waals surface area contributed by atoms with Gasteiger partial charge in [-0.15, -0.1) is 0 Å². The van der Waals surface area contributed by atoms with E-state index in [2.05, 4.69) is 0 Å². The number of aliphatic hydroxyl groups excluding tert-OH is 3. The quantitative estimate of drug-likeness (QED) is 0.176. The monoisotopic (exact) mass is 566 g/mol. The average molecular weight is 566 g/mol. The molecule has 2 aromatic carbocycles. The van der Waals surface area contributed by atoms with Gasteiger partial charge in [0.15, 0.2) is 28.8 Å². The fourth-order valence-corrected chi connectivity index (χ4v) is 5.78. The molecule has 3 aliphatic carbocycles. The molecule has 0 bridgehead atoms. The van der Waals surface area contributed by atoms with Gasteiger partial charge < -0.3 is 45.6 Å². The number of carboxylic acids is 1. The predicted octanol–water partition coefficient (Wildman–Crippen LogP) is -0.235. The van der Waals surface area contributed by atoms with Gasteiger partial charge in [-0.3, -0.25) is 9.59 Å². The van der Waals surface area contributed by atoms with Gasteiger partial charge in [0.25, 0.3) is 0 Å². The van der Waals surface area contributed by atoms with E-state index in [-0.39, 0.29) is 11.1 Å². The Morgan fingerprint density at radius 1 is 0.976 bits per heavy atom. The highest BCUT2D eigenvalue weighted by Crippen LogP contribution is 2.60. The topological polar surface area (TPSA) is 239 Å². The van der Waals surface area contributed by atoms with E-state index in [1.807, 2.05) is 0 Å². The molecule has 0 unspecified atom stereocenters. The third-order valence-electron chi connectivity index (χ3n) is 7.58. The summed E-state index contributed by atoms with van der Waals surface area (Å²) in [5.74, 6) is -10.6. The standard InChI is InChI=1S/C28H22O13/c29-11-17(32)41-25-26(38)10-16(31)19(24(36)37)22(34)28(26,40)23(35)20-21(33)18-13(7-4-8-15(18)30)14(27(20,25)39)9-12-5-2-1-3-6-12/h1-9,25,29-30,33-34,38-40H,10-11H2,(H,36,37)/b14-9+/t25-,26+,27+,28-/m0/s1. The van der Waals surface area contributed by atoms with Crippen molar-refractivity contribution in [3.63, 3.8) is 0 Å². The van der Waals surface area contributed by atoms with Gasteiger partial charge in [0, 0.05) is 12.0 Å². The Morgan fingerprint density at radius 3 is 2.24 bits per heavy atom. The lowest BCUT2D eigenvalue weighted by Gasteiger charge is -2.58. The highest BCUT2D eigenvalue weighted by atomic mass is 16.6. The average Bonchev–Trinajstić information content (AvgIpc) is 2.92. The molecule has 5 rings (SSSR count). The number of hydrogen-bond acceptors (Lipinski definition) is 12. The van der Waals surface area contributed by atoms with Crippen LogP contribution in [-0.2, 0) is 23.9 Å². The Kier molecular flexibility index (Phi) is 6.16. The van der Waals surface area contributed by atoms with E-state index >= 15 is 0 Å². The first-order chi connectivity index (χ1) is 19.2. The minimum atomic E-state index is -3.77. The summed E-state index contributed by atoms with van der Waals surface area (Å²) in [5.41, 5.74) is -13.6. The second-order valence-corrected chi connectivity index (χ2v) is 9.78. The summed E-state index contributed by atoms with van der Waals surface area (Å²) in [7, 11) is 0. The molecule has 13 heteroatoms. The lowest BCUT2D eigenvalue weighted by molar-refractivity contribution is -0.247. The molecule has 1 fully saturated rings. The first kappa shape index (κ1) is 27.7. The zero-order chi connectivity index (χ0) is 30.1. The number of ether oxygens (including phenoxy) is 1. The molecule has 0 amide bonds. The Labute approximate surface area is 229 Å². The third-order valence-corrected chi connectivity index (χ3v) is 7.58. The molecule has 2 aromatic rings. The summed E-state index contributed by atoms with van der Waals surface area (Å²) in [6.45, 7) is -1.36. The van der Waals surface area contributed by atoms with Gasteiger partial charge >= 0.3 is 11.9 Å². The second-order valence-electron chi connectivity index (χ2n) is 9.78. The Hall–Kier alpha value is -4.82. The van der Waals surface area contributed by atoms with E-state index in [1.165, 1.54) is 18.2 Å². The van der Waals surface area contributed by atoms with Crippen LogP contribution in [0.1, 0.15) is 23.1 Å². The van der Waals surface area contributed by atoms with Crippen LogP contribution in [0.2, 0.25) is 0 Å². The molecule has 13 nitrogen and oxygen atoms in total. The zero-order valence-corrected chi connectivity index (χ0v) is 20.8. The maximum Gasteiger partial charge on any atom is 0.342 e. The number of aliphatic hydroxyl groups is 6. The van der Waals surface area contributed by atoms with Crippen LogP contribution in [-0.4, -0.2) is 93.9 Å². The number of benzene rings is 2. The number of phenolic OH excluding ortho intramolecular Hbond substituents is 1. The smallest absolute Gasteiger partial charge is 0.342 e. The molecule has 0 aliphatic heterocycles. The fourth-order valence-electron chi connectivity index (χ4n) is 5.78. The molecule has 3 aliphatic rings. The van der Waals surface area contributed by atoms with Crippen molar-refractivity contribution in [1.29, 1.82) is 0 Å². The van der Waals surface area contributed by atoms with Gasteiger partial charge in [-0.2, -0.15) is 0 Å². The summed E-state index contributed by atoms with van der Waals surface area (Å²) in [6, 6.07) is 11.7. The highest BCUT2D eigenvalue weighted by molar-refractivity contribution is 6.24. The first-order valence-electron chi connectivity index (χ1n) is 12.0. The normalized spacial score (nSPS) is 30.0. The number of fused-ring (bicyclic) bond motifs is 3. The Morgan fingerprint density at radius 2 is 1.63 bits per heavy atom. The number of carbonyl (C=O) groups is 4. The van der Waals surface area contributed by atoms with E-state index < -0.39 is 93.4 Å². The van der Waals surface area contributed by atoms with E-state index in [0.29, 0.717) is 5.56 Å². The van der Waals surface area contributed by atoms with Crippen molar-refractivity contribution >= 4 is 40.9 Å². The predicted molar refractivity (Wildman–Crippen MR) is 136 cm³/mol. The molecule has 1 saturated carbocycles. The van der Waals surface area contributed by atoms with Crippen LogP contribution in [0.3, 0.4) is 0 Å². The van der Waals surface area contributed by atoms with E-state index in [4.69, 9.17) is 4.74 Å². The molecule has 0 spiro atoms. The van der Waals surface area contributed by atoms with Gasteiger partial charge in [-0.25, -0.2) is 9.59 Å². The number of rotatable bonds is 4. The molecule has 4 atom stereocenters. The van der Waals surface area contributed by atoms with E-state index in [9.17, 15) is 60.0 Å². The number of esters is 1. The summed E-state index contributed by atoms with van der Waals surface area (Å²) in [4.78, 5) is 51.1. The van der Waals surface area contributed by atoms with Gasteiger partial charge in [-0.1, -0.05) is 42.5 Å². The van der Waals surface area contributed by atoms with Crippen molar-refractivity contribution in [2.45, 2.75) is 29.3 Å². The van der Waals surface area contributed by atoms with Crippen molar-refractivity contribution in [2.24, 2.45) is 0 Å². The van der Waals surface area contributed by atoms with Gasteiger partial charge in [0.2, 0.25) is 11.4 Å². The third kappa shape index (κ3) is 3.50. The number of phenols is 1. The van der Waals surface area contributed by atoms with Gasteiger partial charge in [-0.05, 0) is 23.3 Å². The van der Waals surface area contributed by atoms with E-state index in [1.54, 1.807) is 30.3 Å². The molecule has 0 saturated heterocycles. The number of ketones is 2. The Balaban J connectivity index is 1.96. The first-order valence-corrected chi connectivity index (χ1v) is 12.0. The maximum absolute atomic E-state index is 14.1. The number of carbonyl (C=O) groups excluding carboxylic acids is 3. The molecular weight excluding hydrogens is 544 g/mol. The SMILES string of the molecule is O=C(CO)O[C@H]1[C@]2(O)CC(=O)C(C(=O)O)=C(O)[C@]2(O)C(=O)C2=C(O)c3c(O)cccc3/C(=C\c3ccccc3)[C@@]21O. The lowest BCUT2D eigenvalue weighted by Crippen LogP contribution is -2.80. The summed E-state index contributed by atoms with van der Waals surface area (Å²) in [6.07, 6.45) is -2.85. The molecule has 0 radical (unpaired) electrons. The second kappa shape index (κ2) is 9.11. The fraction of sp³-hybridized carbons (Fsp3) is 0.214. The molecule has 0 aromatic heterocycles. The largest absolute Gasteiger partial charge is 0.508 e.